The molecule has 0 aliphatic carbocycles. The van der Waals surface area contributed by atoms with Crippen LogP contribution in [0.2, 0.25) is 0 Å². The van der Waals surface area contributed by atoms with Crippen molar-refractivity contribution >= 4 is 0 Å². The summed E-state index contributed by atoms with van der Waals surface area (Å²) in [5.74, 6) is 0.701. The summed E-state index contributed by atoms with van der Waals surface area (Å²) in [5.41, 5.74) is 0. The molecule has 1 fully saturated rings. The van der Waals surface area contributed by atoms with E-state index in [1.807, 2.05) is 0 Å². The van der Waals surface area contributed by atoms with E-state index in [1.54, 1.807) is 0 Å². The van der Waals surface area contributed by atoms with Gasteiger partial charge in [-0.3, -0.25) is 0 Å². The normalized spacial score (nSPS) is 21.2. The number of hydrogen-bond acceptors (Lipinski definition) is 3. The number of likely N-dealkylation sites (N-methyl/N-ethyl adjacent to an activating group) is 1. The maximum absolute atomic E-state index is 5.35. The summed E-state index contributed by atoms with van der Waals surface area (Å²) in [7, 11) is 4.33. The van der Waals surface area contributed by atoms with Crippen molar-refractivity contribution in [2.75, 3.05) is 33.9 Å². The van der Waals surface area contributed by atoms with Gasteiger partial charge in [0.1, 0.15) is 0 Å². The molecule has 90 valence electrons. The third kappa shape index (κ3) is 4.49. The van der Waals surface area contributed by atoms with Gasteiger partial charge in [0.15, 0.2) is 0 Å². The van der Waals surface area contributed by atoms with Crippen molar-refractivity contribution in [2.45, 2.75) is 38.8 Å². The molecule has 1 N–H and O–H groups in total. The zero-order valence-corrected chi connectivity index (χ0v) is 10.6. The zero-order valence-electron chi connectivity index (χ0n) is 10.6. The van der Waals surface area contributed by atoms with Crippen LogP contribution in [0.3, 0.4) is 0 Å². The molecule has 1 aliphatic rings. The molecule has 15 heavy (non-hydrogen) atoms. The summed E-state index contributed by atoms with van der Waals surface area (Å²) in [6, 6.07) is 1.30. The van der Waals surface area contributed by atoms with Crippen LogP contribution in [0.5, 0.6) is 0 Å². The maximum Gasteiger partial charge on any atom is 0.0480 e. The van der Waals surface area contributed by atoms with Gasteiger partial charge in [-0.2, -0.15) is 0 Å². The van der Waals surface area contributed by atoms with Gasteiger partial charge in [-0.25, -0.2) is 0 Å². The number of ether oxygens (including phenoxy) is 1. The molecule has 0 spiro atoms. The Morgan fingerprint density at radius 3 is 2.33 bits per heavy atom. The first-order chi connectivity index (χ1) is 7.11. The van der Waals surface area contributed by atoms with Crippen LogP contribution in [-0.2, 0) is 4.74 Å². The van der Waals surface area contributed by atoms with E-state index in [0.717, 1.165) is 32.6 Å². The van der Waals surface area contributed by atoms with Crippen molar-refractivity contribution in [3.8, 4) is 0 Å². The van der Waals surface area contributed by atoms with Crippen LogP contribution in [0.4, 0.5) is 0 Å². The Hall–Kier alpha value is -0.120. The van der Waals surface area contributed by atoms with Crippen molar-refractivity contribution < 1.29 is 4.74 Å². The largest absolute Gasteiger partial charge is 0.381 e. The lowest BCUT2D eigenvalue weighted by Crippen LogP contribution is -2.46. The smallest absolute Gasteiger partial charge is 0.0480 e. The van der Waals surface area contributed by atoms with Crippen molar-refractivity contribution in [1.82, 2.24) is 10.2 Å². The molecule has 0 bridgehead atoms. The summed E-state index contributed by atoms with van der Waals surface area (Å²) in [6.07, 6.45) is 2.33. The van der Waals surface area contributed by atoms with E-state index in [4.69, 9.17) is 4.74 Å². The van der Waals surface area contributed by atoms with Crippen LogP contribution in [0, 0.1) is 5.92 Å². The van der Waals surface area contributed by atoms with Crippen LogP contribution in [0.1, 0.15) is 26.7 Å². The van der Waals surface area contributed by atoms with Gasteiger partial charge >= 0.3 is 0 Å². The molecule has 0 aromatic heterocycles. The van der Waals surface area contributed by atoms with Crippen LogP contribution < -0.4 is 5.32 Å². The summed E-state index contributed by atoms with van der Waals surface area (Å²) in [6.45, 7) is 7.51. The van der Waals surface area contributed by atoms with E-state index in [9.17, 15) is 0 Å². The minimum Gasteiger partial charge on any atom is -0.381 e. The Bertz CT molecular complexity index is 157. The fourth-order valence-corrected chi connectivity index (χ4v) is 2.20. The highest BCUT2D eigenvalue weighted by Crippen LogP contribution is 2.09. The van der Waals surface area contributed by atoms with E-state index >= 15 is 0 Å². The van der Waals surface area contributed by atoms with E-state index < -0.39 is 0 Å². The lowest BCUT2D eigenvalue weighted by atomic mass is 10.0. The fraction of sp³-hybridized carbons (Fsp3) is 1.00. The molecule has 3 nitrogen and oxygen atoms in total. The van der Waals surface area contributed by atoms with Crippen molar-refractivity contribution in [3.63, 3.8) is 0 Å². The fourth-order valence-electron chi connectivity index (χ4n) is 2.20. The lowest BCUT2D eigenvalue weighted by Gasteiger charge is -2.31. The van der Waals surface area contributed by atoms with Gasteiger partial charge in [0.05, 0.1) is 0 Å². The van der Waals surface area contributed by atoms with Gasteiger partial charge in [-0.1, -0.05) is 13.8 Å². The van der Waals surface area contributed by atoms with Crippen molar-refractivity contribution in [2.24, 2.45) is 5.92 Å². The minimum absolute atomic E-state index is 0.632. The Labute approximate surface area is 94.2 Å². The predicted octanol–water partition coefficient (Wildman–Crippen LogP) is 1.34. The highest BCUT2D eigenvalue weighted by molar-refractivity contribution is 4.77. The standard InChI is InChI=1S/C12H26N2O/c1-10(2)12(14(3)4)9-13-11-5-7-15-8-6-11/h10-13H,5-9H2,1-4H3. The molecular weight excluding hydrogens is 188 g/mol. The first kappa shape index (κ1) is 12.9. The van der Waals surface area contributed by atoms with E-state index in [1.165, 1.54) is 0 Å². The minimum atomic E-state index is 0.632. The first-order valence-electron chi connectivity index (χ1n) is 6.08. The average molecular weight is 214 g/mol. The van der Waals surface area contributed by atoms with Crippen molar-refractivity contribution in [1.29, 1.82) is 0 Å². The Morgan fingerprint density at radius 1 is 1.27 bits per heavy atom. The van der Waals surface area contributed by atoms with Gasteiger partial charge < -0.3 is 15.0 Å². The molecule has 0 saturated carbocycles. The summed E-state index contributed by atoms with van der Waals surface area (Å²) >= 11 is 0. The van der Waals surface area contributed by atoms with Gasteiger partial charge in [0.25, 0.3) is 0 Å². The lowest BCUT2D eigenvalue weighted by molar-refractivity contribution is 0.0749. The number of nitrogens with one attached hydrogen (secondary N) is 1. The van der Waals surface area contributed by atoms with Gasteiger partial charge in [0.2, 0.25) is 0 Å². The monoisotopic (exact) mass is 214 g/mol. The number of rotatable bonds is 5. The Balaban J connectivity index is 2.26. The topological polar surface area (TPSA) is 24.5 Å². The quantitative estimate of drug-likeness (QED) is 0.747. The van der Waals surface area contributed by atoms with E-state index in [2.05, 4.69) is 38.2 Å². The van der Waals surface area contributed by atoms with E-state index in [0.29, 0.717) is 18.0 Å². The number of nitrogens with zero attached hydrogens (tertiary/aromatic N) is 1. The third-order valence-corrected chi connectivity index (χ3v) is 3.27. The van der Waals surface area contributed by atoms with Gasteiger partial charge in [-0.05, 0) is 32.9 Å². The second kappa shape index (κ2) is 6.46. The molecule has 1 saturated heterocycles. The first-order valence-corrected chi connectivity index (χ1v) is 6.08. The Morgan fingerprint density at radius 2 is 1.87 bits per heavy atom. The second-order valence-corrected chi connectivity index (χ2v) is 5.07. The van der Waals surface area contributed by atoms with Crippen LogP contribution in [0.15, 0.2) is 0 Å². The average Bonchev–Trinajstić information content (AvgIpc) is 2.18. The molecule has 1 heterocycles. The maximum atomic E-state index is 5.35. The van der Waals surface area contributed by atoms with Crippen LogP contribution in [0.25, 0.3) is 0 Å². The van der Waals surface area contributed by atoms with Crippen LogP contribution in [-0.4, -0.2) is 50.8 Å². The zero-order chi connectivity index (χ0) is 11.3. The van der Waals surface area contributed by atoms with Crippen LogP contribution >= 0.6 is 0 Å². The van der Waals surface area contributed by atoms with Crippen molar-refractivity contribution in [3.05, 3.63) is 0 Å². The predicted molar refractivity (Wildman–Crippen MR) is 64.2 cm³/mol. The molecule has 0 aromatic carbocycles. The summed E-state index contributed by atoms with van der Waals surface area (Å²) < 4.78 is 5.35. The van der Waals surface area contributed by atoms with E-state index in [-0.39, 0.29) is 0 Å². The summed E-state index contributed by atoms with van der Waals surface area (Å²) in [5, 5.41) is 3.66. The highest BCUT2D eigenvalue weighted by Gasteiger charge is 2.18. The molecule has 1 unspecified atom stereocenters. The third-order valence-electron chi connectivity index (χ3n) is 3.27. The van der Waals surface area contributed by atoms with Gasteiger partial charge in [-0.15, -0.1) is 0 Å². The molecule has 0 radical (unpaired) electrons. The molecule has 3 heteroatoms. The van der Waals surface area contributed by atoms with Gasteiger partial charge in [0, 0.05) is 31.8 Å². The molecule has 0 amide bonds. The SMILES string of the molecule is CC(C)C(CNC1CCOCC1)N(C)C. The molecule has 1 atom stereocenters. The number of hydrogen-bond donors (Lipinski definition) is 1. The Kier molecular flexibility index (Phi) is 5.58. The molecule has 1 aliphatic heterocycles. The molecule has 1 rings (SSSR count). The highest BCUT2D eigenvalue weighted by atomic mass is 16.5. The molecular formula is C12H26N2O. The second-order valence-electron chi connectivity index (χ2n) is 5.07. The summed E-state index contributed by atoms with van der Waals surface area (Å²) in [4.78, 5) is 2.32. The molecule has 0 aromatic rings.